The molecule has 3 aliphatic rings. The second-order valence-electron chi connectivity index (χ2n) is 6.13. The standard InChI is InChI=1S/C13H22ClN/c1-9-2-3-15(8-13(9)14)7-10-4-11-6-12(11)5-10/h9-13H,2-8H2,1H3. The van der Waals surface area contributed by atoms with E-state index in [1.54, 1.807) is 6.42 Å². The average molecular weight is 228 g/mol. The summed E-state index contributed by atoms with van der Waals surface area (Å²) in [5.74, 6) is 3.99. The Balaban J connectivity index is 1.47. The number of halogens is 1. The molecule has 15 heavy (non-hydrogen) atoms. The third kappa shape index (κ3) is 2.19. The highest BCUT2D eigenvalue weighted by Crippen LogP contribution is 2.54. The van der Waals surface area contributed by atoms with Crippen molar-refractivity contribution in [3.8, 4) is 0 Å². The van der Waals surface area contributed by atoms with E-state index in [9.17, 15) is 0 Å². The highest BCUT2D eigenvalue weighted by molar-refractivity contribution is 6.21. The van der Waals surface area contributed by atoms with Gasteiger partial charge >= 0.3 is 0 Å². The van der Waals surface area contributed by atoms with Crippen LogP contribution in [0.4, 0.5) is 0 Å². The SMILES string of the molecule is CC1CCN(CC2CC3CC3C2)CC1Cl. The van der Waals surface area contributed by atoms with Crippen LogP contribution >= 0.6 is 11.6 Å². The summed E-state index contributed by atoms with van der Waals surface area (Å²) >= 11 is 6.34. The molecule has 1 nitrogen and oxygen atoms in total. The molecular formula is C13H22ClN. The first-order valence-corrected chi connectivity index (χ1v) is 7.02. The van der Waals surface area contributed by atoms with Crippen molar-refractivity contribution < 1.29 is 0 Å². The van der Waals surface area contributed by atoms with Gasteiger partial charge in [-0.3, -0.25) is 0 Å². The van der Waals surface area contributed by atoms with Crippen molar-refractivity contribution in [2.45, 2.75) is 38.0 Å². The summed E-state index contributed by atoms with van der Waals surface area (Å²) in [7, 11) is 0. The van der Waals surface area contributed by atoms with Crippen LogP contribution in [0.5, 0.6) is 0 Å². The van der Waals surface area contributed by atoms with E-state index in [0.717, 1.165) is 30.2 Å². The van der Waals surface area contributed by atoms with Crippen molar-refractivity contribution >= 4 is 11.6 Å². The Hall–Kier alpha value is 0.250. The quantitative estimate of drug-likeness (QED) is 0.656. The fourth-order valence-electron chi connectivity index (χ4n) is 3.61. The number of hydrogen-bond acceptors (Lipinski definition) is 1. The van der Waals surface area contributed by atoms with Crippen molar-refractivity contribution in [1.29, 1.82) is 0 Å². The van der Waals surface area contributed by atoms with E-state index >= 15 is 0 Å². The van der Waals surface area contributed by atoms with Gasteiger partial charge in [-0.1, -0.05) is 6.92 Å². The zero-order valence-electron chi connectivity index (χ0n) is 9.66. The molecule has 0 bridgehead atoms. The summed E-state index contributed by atoms with van der Waals surface area (Å²) in [4.78, 5) is 2.62. The predicted molar refractivity (Wildman–Crippen MR) is 64.2 cm³/mol. The molecule has 2 aliphatic carbocycles. The molecule has 4 unspecified atom stereocenters. The van der Waals surface area contributed by atoms with E-state index in [1.165, 1.54) is 32.4 Å². The van der Waals surface area contributed by atoms with Crippen LogP contribution in [0.3, 0.4) is 0 Å². The summed E-state index contributed by atoms with van der Waals surface area (Å²) in [5.41, 5.74) is 0. The molecule has 0 spiro atoms. The Bertz CT molecular complexity index is 233. The van der Waals surface area contributed by atoms with Gasteiger partial charge in [-0.2, -0.15) is 0 Å². The number of nitrogens with zero attached hydrogens (tertiary/aromatic N) is 1. The Kier molecular flexibility index (Phi) is 2.72. The van der Waals surface area contributed by atoms with Crippen LogP contribution in [-0.2, 0) is 0 Å². The maximum atomic E-state index is 6.34. The molecule has 2 saturated carbocycles. The normalized spacial score (nSPS) is 50.4. The fraction of sp³-hybridized carbons (Fsp3) is 1.00. The molecule has 1 heterocycles. The molecular weight excluding hydrogens is 206 g/mol. The van der Waals surface area contributed by atoms with Crippen molar-refractivity contribution in [2.75, 3.05) is 19.6 Å². The van der Waals surface area contributed by atoms with E-state index in [4.69, 9.17) is 11.6 Å². The zero-order chi connectivity index (χ0) is 10.4. The molecule has 2 heteroatoms. The van der Waals surface area contributed by atoms with Gasteiger partial charge in [-0.15, -0.1) is 11.6 Å². The minimum Gasteiger partial charge on any atom is -0.302 e. The Morgan fingerprint density at radius 2 is 1.93 bits per heavy atom. The van der Waals surface area contributed by atoms with Gasteiger partial charge in [-0.05, 0) is 55.9 Å². The Morgan fingerprint density at radius 3 is 2.60 bits per heavy atom. The van der Waals surface area contributed by atoms with Gasteiger partial charge in [0.1, 0.15) is 0 Å². The van der Waals surface area contributed by atoms with E-state index in [0.29, 0.717) is 5.38 Å². The highest BCUT2D eigenvalue weighted by atomic mass is 35.5. The fourth-order valence-corrected chi connectivity index (χ4v) is 3.93. The van der Waals surface area contributed by atoms with Gasteiger partial charge in [-0.25, -0.2) is 0 Å². The third-order valence-corrected chi connectivity index (χ3v) is 5.38. The van der Waals surface area contributed by atoms with E-state index in [2.05, 4.69) is 11.8 Å². The van der Waals surface area contributed by atoms with Crippen LogP contribution in [0.2, 0.25) is 0 Å². The summed E-state index contributed by atoms with van der Waals surface area (Å²) in [6.07, 6.45) is 5.88. The smallest absolute Gasteiger partial charge is 0.0489 e. The minimum atomic E-state index is 0.398. The van der Waals surface area contributed by atoms with Crippen LogP contribution in [-0.4, -0.2) is 29.9 Å². The Morgan fingerprint density at radius 1 is 1.20 bits per heavy atom. The van der Waals surface area contributed by atoms with Gasteiger partial charge in [0.25, 0.3) is 0 Å². The second kappa shape index (κ2) is 3.92. The molecule has 0 radical (unpaired) electrons. The zero-order valence-corrected chi connectivity index (χ0v) is 10.4. The molecule has 0 N–H and O–H groups in total. The first-order chi connectivity index (χ1) is 7.22. The van der Waals surface area contributed by atoms with Gasteiger partial charge < -0.3 is 4.90 Å². The van der Waals surface area contributed by atoms with E-state index in [-0.39, 0.29) is 0 Å². The molecule has 0 aromatic rings. The largest absolute Gasteiger partial charge is 0.302 e. The summed E-state index contributed by atoms with van der Waals surface area (Å²) < 4.78 is 0. The topological polar surface area (TPSA) is 3.24 Å². The maximum absolute atomic E-state index is 6.34. The molecule has 1 aliphatic heterocycles. The first-order valence-electron chi connectivity index (χ1n) is 6.59. The van der Waals surface area contributed by atoms with Crippen LogP contribution < -0.4 is 0 Å². The number of hydrogen-bond donors (Lipinski definition) is 0. The lowest BCUT2D eigenvalue weighted by molar-refractivity contribution is 0.167. The van der Waals surface area contributed by atoms with Crippen molar-refractivity contribution in [3.63, 3.8) is 0 Å². The van der Waals surface area contributed by atoms with Gasteiger partial charge in [0.2, 0.25) is 0 Å². The lowest BCUT2D eigenvalue weighted by Gasteiger charge is -2.35. The number of fused-ring (bicyclic) bond motifs is 1. The van der Waals surface area contributed by atoms with Gasteiger partial charge in [0, 0.05) is 18.5 Å². The highest BCUT2D eigenvalue weighted by Gasteiger charge is 2.46. The summed E-state index contributed by atoms with van der Waals surface area (Å²) in [6, 6.07) is 0. The van der Waals surface area contributed by atoms with Crippen molar-refractivity contribution in [3.05, 3.63) is 0 Å². The molecule has 0 aromatic carbocycles. The minimum absolute atomic E-state index is 0.398. The number of piperidine rings is 1. The first kappa shape index (κ1) is 10.4. The van der Waals surface area contributed by atoms with Crippen LogP contribution in [0.1, 0.15) is 32.6 Å². The summed E-state index contributed by atoms with van der Waals surface area (Å²) in [6.45, 7) is 6.05. The number of alkyl halides is 1. The molecule has 0 amide bonds. The van der Waals surface area contributed by atoms with Crippen molar-refractivity contribution in [2.24, 2.45) is 23.7 Å². The number of rotatable bonds is 2. The Labute approximate surface area is 98.2 Å². The maximum Gasteiger partial charge on any atom is 0.0489 e. The molecule has 86 valence electrons. The molecule has 0 aromatic heterocycles. The number of likely N-dealkylation sites (tertiary alicyclic amines) is 1. The van der Waals surface area contributed by atoms with Gasteiger partial charge in [0.05, 0.1) is 0 Å². The lowest BCUT2D eigenvalue weighted by atomic mass is 9.96. The van der Waals surface area contributed by atoms with Crippen LogP contribution in [0.25, 0.3) is 0 Å². The molecule has 4 atom stereocenters. The average Bonchev–Trinajstić information content (AvgIpc) is 2.81. The summed E-state index contributed by atoms with van der Waals surface area (Å²) in [5, 5.41) is 0.398. The monoisotopic (exact) mass is 227 g/mol. The molecule has 3 rings (SSSR count). The second-order valence-corrected chi connectivity index (χ2v) is 6.70. The van der Waals surface area contributed by atoms with Crippen LogP contribution in [0, 0.1) is 23.7 Å². The molecule has 1 saturated heterocycles. The molecule has 3 fully saturated rings. The lowest BCUT2D eigenvalue weighted by Crippen LogP contribution is -2.42. The van der Waals surface area contributed by atoms with Crippen LogP contribution in [0.15, 0.2) is 0 Å². The van der Waals surface area contributed by atoms with E-state index in [1.807, 2.05) is 0 Å². The van der Waals surface area contributed by atoms with E-state index < -0.39 is 0 Å². The third-order valence-electron chi connectivity index (χ3n) is 4.81. The van der Waals surface area contributed by atoms with Gasteiger partial charge in [0.15, 0.2) is 0 Å². The van der Waals surface area contributed by atoms with Crippen molar-refractivity contribution in [1.82, 2.24) is 4.90 Å². The predicted octanol–water partition coefficient (Wildman–Crippen LogP) is 2.98.